The number of carbonyl (C=O) groups excluding carboxylic acids is 3. The van der Waals surface area contributed by atoms with Gasteiger partial charge >= 0.3 is 154 Å². The van der Waals surface area contributed by atoms with Crippen LogP contribution in [0.4, 0.5) is 0 Å². The molecule has 0 aliphatic rings. The molecule has 0 aromatic rings. The van der Waals surface area contributed by atoms with E-state index in [0.717, 1.165) is 38.5 Å². The summed E-state index contributed by atoms with van der Waals surface area (Å²) in [6.45, 7) is 6.73. The van der Waals surface area contributed by atoms with Crippen molar-refractivity contribution in [2.45, 2.75) is 252 Å². The topological polar surface area (TPSA) is 120 Å². The van der Waals surface area contributed by atoms with Gasteiger partial charge in [0.2, 0.25) is 0 Å². The molecule has 51 heavy (non-hydrogen) atoms. The zero-order chi connectivity index (χ0) is 36.2. The number of rotatable bonds is 36. The van der Waals surface area contributed by atoms with E-state index in [2.05, 4.69) is 20.8 Å². The van der Waals surface area contributed by atoms with Gasteiger partial charge in [0.05, 0.1) is 0 Å². The van der Waals surface area contributed by atoms with E-state index < -0.39 is 17.9 Å². The molecule has 0 aliphatic carbocycles. The van der Waals surface area contributed by atoms with Gasteiger partial charge in [-0.15, -0.1) is 0 Å². The molecule has 0 radical (unpaired) electrons. The predicted octanol–water partition coefficient (Wildman–Crippen LogP) is 1.32. The van der Waals surface area contributed by atoms with Crippen LogP contribution in [0, 0.1) is 0 Å². The number of unbranched alkanes of at least 4 members (excludes halogenated alkanes) is 30. The summed E-state index contributed by atoms with van der Waals surface area (Å²) in [5.41, 5.74) is 0. The van der Waals surface area contributed by atoms with Gasteiger partial charge < -0.3 is 29.7 Å². The third-order valence-corrected chi connectivity index (χ3v) is 8.95. The summed E-state index contributed by atoms with van der Waals surface area (Å²) < 4.78 is 0. The molecule has 0 saturated carbocycles. The van der Waals surface area contributed by atoms with E-state index >= 15 is 0 Å². The molecule has 6 nitrogen and oxygen atoms in total. The number of aliphatic carboxylic acids is 3. The van der Waals surface area contributed by atoms with Crippen molar-refractivity contribution in [2.24, 2.45) is 0 Å². The van der Waals surface area contributed by atoms with Crippen molar-refractivity contribution in [3.8, 4) is 0 Å². The molecular weight excluding hydrogens is 718 g/mol. The molecule has 0 N–H and O–H groups in total. The summed E-state index contributed by atoms with van der Waals surface area (Å²) in [7, 11) is 0. The number of carboxylic acids is 3. The summed E-state index contributed by atoms with van der Waals surface area (Å²) in [5.74, 6) is -2.72. The van der Waals surface area contributed by atoms with E-state index in [1.165, 1.54) is 173 Å². The Morgan fingerprint density at radius 1 is 0.255 bits per heavy atom. The molecule has 0 rings (SSSR count). The summed E-state index contributed by atoms with van der Waals surface area (Å²) >= 11 is 0. The minimum atomic E-state index is -0.907. The van der Waals surface area contributed by atoms with Crippen LogP contribution in [0.5, 0.6) is 0 Å². The van der Waals surface area contributed by atoms with Gasteiger partial charge in [0.1, 0.15) is 0 Å². The monoisotopic (exact) mass is 798 g/mol. The van der Waals surface area contributed by atoms with Crippen molar-refractivity contribution in [2.75, 3.05) is 0 Å². The molecule has 0 amide bonds. The smallest absolute Gasteiger partial charge is 0.550 e. The van der Waals surface area contributed by atoms with E-state index in [1.54, 1.807) is 0 Å². The Bertz CT molecular complexity index is 566. The van der Waals surface area contributed by atoms with Crippen LogP contribution >= 0.6 is 0 Å². The van der Waals surface area contributed by atoms with Crippen molar-refractivity contribution in [1.29, 1.82) is 0 Å². The molecule has 0 heterocycles. The molecular formula is C42H81K3O6. The van der Waals surface area contributed by atoms with Crippen LogP contribution in [0.3, 0.4) is 0 Å². The molecule has 0 aromatic heterocycles. The van der Waals surface area contributed by atoms with Gasteiger partial charge in [0, 0.05) is 17.9 Å². The van der Waals surface area contributed by atoms with Crippen LogP contribution in [-0.4, -0.2) is 17.9 Å². The molecule has 0 atom stereocenters. The van der Waals surface area contributed by atoms with Gasteiger partial charge in [-0.1, -0.05) is 213 Å². The fourth-order valence-electron chi connectivity index (χ4n) is 5.80. The molecule has 9 heteroatoms. The van der Waals surface area contributed by atoms with E-state index in [-0.39, 0.29) is 173 Å². The first kappa shape index (κ1) is 66.1. The van der Waals surface area contributed by atoms with Gasteiger partial charge in [-0.25, -0.2) is 0 Å². The fraction of sp³-hybridized carbons (Fsp3) is 0.929. The second kappa shape index (κ2) is 62.5. The molecule has 0 spiro atoms. The maximum absolute atomic E-state index is 10.1. The van der Waals surface area contributed by atoms with E-state index in [1.807, 2.05) is 0 Å². The summed E-state index contributed by atoms with van der Waals surface area (Å²) in [5, 5.41) is 30.4. The summed E-state index contributed by atoms with van der Waals surface area (Å²) in [6, 6.07) is 0. The van der Waals surface area contributed by atoms with Crippen molar-refractivity contribution < 1.29 is 184 Å². The Hall–Kier alpha value is 3.32. The molecule has 0 aromatic carbocycles. The number of carboxylic acid groups (broad SMARTS) is 3. The normalized spacial score (nSPS) is 9.94. The SMILES string of the molecule is CCCCCCCCCCCCCC(=O)[O-].CCCCCCCCCCCCCC(=O)[O-].CCCCCCCCCCCCCC(=O)[O-].[K+].[K+].[K+]. The minimum absolute atomic E-state index is 0. The van der Waals surface area contributed by atoms with Crippen LogP contribution in [0.2, 0.25) is 0 Å². The van der Waals surface area contributed by atoms with Crippen molar-refractivity contribution in [3.63, 3.8) is 0 Å². The molecule has 288 valence electrons. The fourth-order valence-corrected chi connectivity index (χ4v) is 5.80. The molecule has 0 fully saturated rings. The van der Waals surface area contributed by atoms with Gasteiger partial charge in [-0.05, 0) is 38.5 Å². The Morgan fingerprint density at radius 3 is 0.490 bits per heavy atom. The summed E-state index contributed by atoms with van der Waals surface area (Å²) in [6.07, 6.45) is 42.1. The Labute approximate surface area is 445 Å². The Kier molecular flexibility index (Phi) is 81.1. The quantitative estimate of drug-likeness (QED) is 0.0698. The molecule has 0 bridgehead atoms. The predicted molar refractivity (Wildman–Crippen MR) is 198 cm³/mol. The van der Waals surface area contributed by atoms with Gasteiger partial charge in [0.15, 0.2) is 0 Å². The molecule has 0 aliphatic heterocycles. The Balaban J connectivity index is -0.000000145. The van der Waals surface area contributed by atoms with Crippen LogP contribution < -0.4 is 169 Å². The average molecular weight is 799 g/mol. The van der Waals surface area contributed by atoms with Crippen LogP contribution in [0.15, 0.2) is 0 Å². The van der Waals surface area contributed by atoms with Gasteiger partial charge in [0.25, 0.3) is 0 Å². The Morgan fingerprint density at radius 2 is 0.373 bits per heavy atom. The third-order valence-electron chi connectivity index (χ3n) is 8.95. The second-order valence-corrected chi connectivity index (χ2v) is 14.0. The van der Waals surface area contributed by atoms with E-state index in [9.17, 15) is 29.7 Å². The van der Waals surface area contributed by atoms with Gasteiger partial charge in [-0.3, -0.25) is 0 Å². The zero-order valence-corrected chi connectivity index (χ0v) is 44.8. The van der Waals surface area contributed by atoms with E-state index in [0.29, 0.717) is 0 Å². The maximum Gasteiger partial charge on any atom is 1.00 e. The first-order valence-electron chi connectivity index (χ1n) is 20.9. The number of carbonyl (C=O) groups is 3. The molecule has 0 saturated heterocycles. The van der Waals surface area contributed by atoms with Crippen molar-refractivity contribution in [3.05, 3.63) is 0 Å². The maximum atomic E-state index is 10.1. The van der Waals surface area contributed by atoms with Crippen molar-refractivity contribution in [1.82, 2.24) is 0 Å². The van der Waals surface area contributed by atoms with Gasteiger partial charge in [-0.2, -0.15) is 0 Å². The van der Waals surface area contributed by atoms with E-state index in [4.69, 9.17) is 0 Å². The van der Waals surface area contributed by atoms with Crippen LogP contribution in [0.1, 0.15) is 252 Å². The van der Waals surface area contributed by atoms with Crippen LogP contribution in [0.25, 0.3) is 0 Å². The van der Waals surface area contributed by atoms with Crippen molar-refractivity contribution >= 4 is 17.9 Å². The number of hydrogen-bond donors (Lipinski definition) is 0. The first-order valence-corrected chi connectivity index (χ1v) is 20.9. The minimum Gasteiger partial charge on any atom is -0.550 e. The average Bonchev–Trinajstić information content (AvgIpc) is 3.05. The summed E-state index contributed by atoms with van der Waals surface area (Å²) in [4.78, 5) is 30.4. The standard InChI is InChI=1S/3C14H28O2.3K/c3*1-2-3-4-5-6-7-8-9-10-11-12-13-14(15)16;;;/h3*2-13H2,1H3,(H,15,16);;;/q;;;3*+1/p-3. The number of hydrogen-bond acceptors (Lipinski definition) is 6. The molecule has 0 unspecified atom stereocenters. The largest absolute Gasteiger partial charge is 1.00 e. The van der Waals surface area contributed by atoms with Crippen LogP contribution in [-0.2, 0) is 14.4 Å². The zero-order valence-electron chi connectivity index (χ0n) is 35.4. The second-order valence-electron chi connectivity index (χ2n) is 14.0. The first-order chi connectivity index (χ1) is 23.3. The third kappa shape index (κ3) is 78.4.